The average molecular weight is 245 g/mol. The van der Waals surface area contributed by atoms with E-state index in [1.807, 2.05) is 39.0 Å². The summed E-state index contributed by atoms with van der Waals surface area (Å²) in [5, 5.41) is 2.84. The Morgan fingerprint density at radius 3 is 2.89 bits per heavy atom. The summed E-state index contributed by atoms with van der Waals surface area (Å²) in [7, 11) is -0.349. The van der Waals surface area contributed by atoms with Gasteiger partial charge in [0.15, 0.2) is 0 Å². The molecule has 1 N–H and O–H groups in total. The number of benzene rings is 1. The monoisotopic (exact) mass is 245 g/mol. The Bertz CT molecular complexity index is 515. The minimum Gasteiger partial charge on any atom is -0.402 e. The molecule has 18 heavy (non-hydrogen) atoms. The number of carbonyl (C=O) groups is 1. The van der Waals surface area contributed by atoms with Crippen molar-refractivity contribution in [1.29, 1.82) is 0 Å². The largest absolute Gasteiger partial charge is 0.494 e. The van der Waals surface area contributed by atoms with Crippen LogP contribution in [0.1, 0.15) is 26.3 Å². The van der Waals surface area contributed by atoms with Crippen LogP contribution in [0.4, 0.5) is 5.69 Å². The number of carbonyl (C=O) groups excluding carboxylic acids is 1. The van der Waals surface area contributed by atoms with E-state index in [2.05, 4.69) is 5.32 Å². The van der Waals surface area contributed by atoms with E-state index in [0.29, 0.717) is 6.42 Å². The van der Waals surface area contributed by atoms with Gasteiger partial charge in [0.25, 0.3) is 0 Å². The first-order valence-electron chi connectivity index (χ1n) is 6.22. The van der Waals surface area contributed by atoms with Gasteiger partial charge in [-0.05, 0) is 37.9 Å². The maximum atomic E-state index is 11.3. The SMILES string of the molecule is CC1OB(c2ccc3c(c2)NC(=O)C3)OC1(C)C. The van der Waals surface area contributed by atoms with E-state index in [0.717, 1.165) is 16.7 Å². The van der Waals surface area contributed by atoms with Crippen molar-refractivity contribution in [3.05, 3.63) is 23.8 Å². The van der Waals surface area contributed by atoms with Gasteiger partial charge in [0, 0.05) is 5.69 Å². The highest BCUT2D eigenvalue weighted by molar-refractivity contribution is 6.62. The molecule has 1 aromatic rings. The maximum Gasteiger partial charge on any atom is 0.494 e. The Balaban J connectivity index is 1.87. The third-order valence-corrected chi connectivity index (χ3v) is 3.75. The first-order chi connectivity index (χ1) is 8.45. The molecule has 2 aliphatic heterocycles. The molecule has 0 radical (unpaired) electrons. The maximum absolute atomic E-state index is 11.3. The van der Waals surface area contributed by atoms with Gasteiger partial charge in [0.05, 0.1) is 18.1 Å². The minimum atomic E-state index is -0.349. The van der Waals surface area contributed by atoms with Gasteiger partial charge < -0.3 is 14.6 Å². The number of amides is 1. The van der Waals surface area contributed by atoms with E-state index in [1.165, 1.54) is 0 Å². The van der Waals surface area contributed by atoms with Gasteiger partial charge in [-0.25, -0.2) is 0 Å². The lowest BCUT2D eigenvalue weighted by molar-refractivity contribution is -0.115. The fraction of sp³-hybridized carbons (Fsp3) is 0.462. The number of fused-ring (bicyclic) bond motifs is 1. The molecule has 0 bridgehead atoms. The summed E-state index contributed by atoms with van der Waals surface area (Å²) in [6, 6.07) is 5.88. The Morgan fingerprint density at radius 2 is 2.22 bits per heavy atom. The second kappa shape index (κ2) is 3.83. The molecule has 3 rings (SSSR count). The summed E-state index contributed by atoms with van der Waals surface area (Å²) in [4.78, 5) is 11.3. The molecule has 1 aromatic carbocycles. The van der Waals surface area contributed by atoms with Crippen LogP contribution in [0.2, 0.25) is 0 Å². The van der Waals surface area contributed by atoms with Crippen LogP contribution in [0, 0.1) is 0 Å². The summed E-state index contributed by atoms with van der Waals surface area (Å²) in [5.74, 6) is 0.0455. The summed E-state index contributed by atoms with van der Waals surface area (Å²) in [5.41, 5.74) is 2.58. The van der Waals surface area contributed by atoms with Gasteiger partial charge in [-0.3, -0.25) is 4.79 Å². The van der Waals surface area contributed by atoms with Crippen molar-refractivity contribution in [1.82, 2.24) is 0 Å². The number of hydrogen-bond donors (Lipinski definition) is 1. The Morgan fingerprint density at radius 1 is 1.44 bits per heavy atom. The molecular weight excluding hydrogens is 229 g/mol. The van der Waals surface area contributed by atoms with Crippen LogP contribution in [0.5, 0.6) is 0 Å². The first-order valence-corrected chi connectivity index (χ1v) is 6.22. The molecule has 1 saturated heterocycles. The molecular formula is C13H16BNO3. The van der Waals surface area contributed by atoms with Crippen molar-refractivity contribution in [2.45, 2.75) is 38.9 Å². The second-order valence-electron chi connectivity index (χ2n) is 5.47. The molecule has 0 saturated carbocycles. The Hall–Kier alpha value is -1.33. The molecule has 5 heteroatoms. The lowest BCUT2D eigenvalue weighted by atomic mass is 9.78. The highest BCUT2D eigenvalue weighted by Crippen LogP contribution is 2.28. The second-order valence-corrected chi connectivity index (χ2v) is 5.47. The van der Waals surface area contributed by atoms with Gasteiger partial charge in [-0.2, -0.15) is 0 Å². The lowest BCUT2D eigenvalue weighted by Crippen LogP contribution is -2.34. The summed E-state index contributed by atoms with van der Waals surface area (Å²) < 4.78 is 11.7. The molecule has 0 aliphatic carbocycles. The third kappa shape index (κ3) is 1.83. The van der Waals surface area contributed by atoms with Crippen molar-refractivity contribution >= 4 is 24.2 Å². The van der Waals surface area contributed by atoms with Crippen molar-refractivity contribution in [3.8, 4) is 0 Å². The van der Waals surface area contributed by atoms with E-state index in [9.17, 15) is 4.79 Å². The summed E-state index contributed by atoms with van der Waals surface area (Å²) in [6.07, 6.45) is 0.509. The molecule has 94 valence electrons. The van der Waals surface area contributed by atoms with Crippen LogP contribution < -0.4 is 10.8 Å². The van der Waals surface area contributed by atoms with Crippen LogP contribution in [-0.2, 0) is 20.5 Å². The Labute approximate surface area is 107 Å². The van der Waals surface area contributed by atoms with E-state index in [1.54, 1.807) is 0 Å². The summed E-state index contributed by atoms with van der Waals surface area (Å²) >= 11 is 0. The van der Waals surface area contributed by atoms with Crippen molar-refractivity contribution in [3.63, 3.8) is 0 Å². The van der Waals surface area contributed by atoms with Gasteiger partial charge in [0.1, 0.15) is 0 Å². The number of hydrogen-bond acceptors (Lipinski definition) is 3. The first kappa shape index (κ1) is 11.7. The Kier molecular flexibility index (Phi) is 2.50. The molecule has 1 atom stereocenters. The van der Waals surface area contributed by atoms with E-state index in [-0.39, 0.29) is 24.7 Å². The van der Waals surface area contributed by atoms with Gasteiger partial charge in [-0.1, -0.05) is 12.1 Å². The third-order valence-electron chi connectivity index (χ3n) is 3.75. The van der Waals surface area contributed by atoms with Crippen LogP contribution in [-0.4, -0.2) is 24.7 Å². The highest BCUT2D eigenvalue weighted by atomic mass is 16.7. The number of anilines is 1. The fourth-order valence-electron chi connectivity index (χ4n) is 2.27. The lowest BCUT2D eigenvalue weighted by Gasteiger charge is -2.21. The topological polar surface area (TPSA) is 47.6 Å². The quantitative estimate of drug-likeness (QED) is 0.753. The molecule has 2 heterocycles. The van der Waals surface area contributed by atoms with Crippen LogP contribution in [0.25, 0.3) is 0 Å². The highest BCUT2D eigenvalue weighted by Gasteiger charge is 2.44. The standard InChI is InChI=1S/C13H16BNO3/c1-8-13(2,3)18-14(17-8)10-5-4-9-6-12(16)15-11(9)7-10/h4-5,7-8H,6H2,1-3H3,(H,15,16). The fourth-order valence-corrected chi connectivity index (χ4v) is 2.27. The zero-order chi connectivity index (χ0) is 12.9. The van der Waals surface area contributed by atoms with E-state index >= 15 is 0 Å². The number of rotatable bonds is 1. The zero-order valence-corrected chi connectivity index (χ0v) is 10.8. The predicted octanol–water partition coefficient (Wildman–Crippen LogP) is 1.09. The van der Waals surface area contributed by atoms with Gasteiger partial charge in [-0.15, -0.1) is 0 Å². The van der Waals surface area contributed by atoms with Crippen molar-refractivity contribution in [2.24, 2.45) is 0 Å². The average Bonchev–Trinajstić information content (AvgIpc) is 2.77. The predicted molar refractivity (Wildman–Crippen MR) is 69.9 cm³/mol. The van der Waals surface area contributed by atoms with Gasteiger partial charge in [0.2, 0.25) is 5.91 Å². The normalized spacial score (nSPS) is 25.2. The van der Waals surface area contributed by atoms with Crippen LogP contribution >= 0.6 is 0 Å². The molecule has 1 unspecified atom stereocenters. The van der Waals surface area contributed by atoms with Gasteiger partial charge >= 0.3 is 7.12 Å². The summed E-state index contributed by atoms with van der Waals surface area (Å²) in [6.45, 7) is 6.05. The molecule has 1 fully saturated rings. The molecule has 4 nitrogen and oxygen atoms in total. The van der Waals surface area contributed by atoms with Crippen molar-refractivity contribution < 1.29 is 14.1 Å². The minimum absolute atomic E-state index is 0.0455. The van der Waals surface area contributed by atoms with E-state index in [4.69, 9.17) is 9.31 Å². The molecule has 0 aromatic heterocycles. The van der Waals surface area contributed by atoms with E-state index < -0.39 is 0 Å². The number of nitrogens with one attached hydrogen (secondary N) is 1. The van der Waals surface area contributed by atoms with Crippen LogP contribution in [0.15, 0.2) is 18.2 Å². The van der Waals surface area contributed by atoms with Crippen molar-refractivity contribution in [2.75, 3.05) is 5.32 Å². The molecule has 0 spiro atoms. The van der Waals surface area contributed by atoms with Crippen LogP contribution in [0.3, 0.4) is 0 Å². The zero-order valence-electron chi connectivity index (χ0n) is 10.8. The smallest absolute Gasteiger partial charge is 0.402 e. The molecule has 2 aliphatic rings. The molecule has 1 amide bonds.